The van der Waals surface area contributed by atoms with Gasteiger partial charge in [0.1, 0.15) is 6.04 Å². The number of benzene rings is 2. The maximum atomic E-state index is 11.9. The number of hydrogen-bond acceptors (Lipinski definition) is 4. The second kappa shape index (κ2) is 8.77. The zero-order chi connectivity index (χ0) is 18.2. The highest BCUT2D eigenvalue weighted by molar-refractivity contribution is 5.95. The molecule has 0 saturated heterocycles. The smallest absolute Gasteiger partial charge is 0.268 e. The highest BCUT2D eigenvalue weighted by Crippen LogP contribution is 2.19. The van der Waals surface area contributed by atoms with Gasteiger partial charge in [0, 0.05) is 6.08 Å². The number of carbonyl (C=O) groups is 2. The molecule has 0 radical (unpaired) electrons. The van der Waals surface area contributed by atoms with Crippen molar-refractivity contribution >= 4 is 17.9 Å². The third-order valence-electron chi connectivity index (χ3n) is 3.62. The maximum absolute atomic E-state index is 11.9. The van der Waals surface area contributed by atoms with Crippen LogP contribution in [0, 0.1) is 0 Å². The minimum absolute atomic E-state index is 0.554. The summed E-state index contributed by atoms with van der Waals surface area (Å²) in [7, 11) is 0. The quantitative estimate of drug-likeness (QED) is 0.366. The first kappa shape index (κ1) is 18.4. The number of carbonyl (C=O) groups excluding carboxylic acids is 2. The fraction of sp³-hybridized carbons (Fsp3) is 0.158. The van der Waals surface area contributed by atoms with E-state index in [0.717, 1.165) is 16.7 Å². The van der Waals surface area contributed by atoms with Crippen LogP contribution in [0.4, 0.5) is 0 Å². The van der Waals surface area contributed by atoms with Gasteiger partial charge in [-0.2, -0.15) is 0 Å². The molecule has 0 aliphatic carbocycles. The summed E-state index contributed by atoms with van der Waals surface area (Å²) in [5.74, 6) is -1.44. The summed E-state index contributed by atoms with van der Waals surface area (Å²) in [6.45, 7) is 1.34. The van der Waals surface area contributed by atoms with Crippen molar-refractivity contribution in [1.82, 2.24) is 10.8 Å². The number of hydroxylamine groups is 1. The zero-order valence-electron chi connectivity index (χ0n) is 13.7. The lowest BCUT2D eigenvalue weighted by atomic mass is 10.0. The Morgan fingerprint density at radius 1 is 1.00 bits per heavy atom. The molecule has 2 atom stereocenters. The van der Waals surface area contributed by atoms with E-state index in [-0.39, 0.29) is 0 Å². The van der Waals surface area contributed by atoms with E-state index in [0.29, 0.717) is 0 Å². The summed E-state index contributed by atoms with van der Waals surface area (Å²) in [4.78, 5) is 23.2. The van der Waals surface area contributed by atoms with E-state index in [4.69, 9.17) is 5.21 Å². The molecule has 0 saturated carbocycles. The van der Waals surface area contributed by atoms with Crippen LogP contribution in [0.2, 0.25) is 0 Å². The van der Waals surface area contributed by atoms with Crippen LogP contribution >= 0.6 is 0 Å². The Kier molecular flexibility index (Phi) is 6.45. The first-order chi connectivity index (χ1) is 12.0. The van der Waals surface area contributed by atoms with Crippen LogP contribution in [-0.2, 0) is 9.59 Å². The van der Waals surface area contributed by atoms with E-state index in [9.17, 15) is 14.7 Å². The summed E-state index contributed by atoms with van der Waals surface area (Å²) in [5.41, 5.74) is 4.39. The summed E-state index contributed by atoms with van der Waals surface area (Å²) in [5, 5.41) is 20.4. The third kappa shape index (κ3) is 5.27. The van der Waals surface area contributed by atoms with Crippen LogP contribution in [-0.4, -0.2) is 34.3 Å². The molecule has 2 aromatic carbocycles. The fourth-order valence-electron chi connectivity index (χ4n) is 2.27. The molecule has 0 unspecified atom stereocenters. The van der Waals surface area contributed by atoms with Crippen molar-refractivity contribution in [3.63, 3.8) is 0 Å². The van der Waals surface area contributed by atoms with Crippen LogP contribution in [0.1, 0.15) is 12.5 Å². The summed E-state index contributed by atoms with van der Waals surface area (Å²) >= 11 is 0. The molecule has 2 aromatic rings. The molecule has 0 heterocycles. The number of amides is 2. The maximum Gasteiger partial charge on any atom is 0.268 e. The molecule has 25 heavy (non-hydrogen) atoms. The van der Waals surface area contributed by atoms with Gasteiger partial charge in [-0.3, -0.25) is 14.8 Å². The van der Waals surface area contributed by atoms with E-state index in [1.165, 1.54) is 18.5 Å². The summed E-state index contributed by atoms with van der Waals surface area (Å²) in [6, 6.07) is 16.3. The molecule has 6 nitrogen and oxygen atoms in total. The van der Waals surface area contributed by atoms with Gasteiger partial charge >= 0.3 is 0 Å². The van der Waals surface area contributed by atoms with Crippen molar-refractivity contribution in [1.29, 1.82) is 0 Å². The van der Waals surface area contributed by atoms with Crippen molar-refractivity contribution in [3.05, 3.63) is 66.2 Å². The lowest BCUT2D eigenvalue weighted by Gasteiger charge is -2.18. The molecule has 0 spiro atoms. The minimum atomic E-state index is -1.23. The molecule has 0 bridgehead atoms. The third-order valence-corrected chi connectivity index (χ3v) is 3.62. The minimum Gasteiger partial charge on any atom is -0.391 e. The van der Waals surface area contributed by atoms with Gasteiger partial charge in [-0.1, -0.05) is 54.6 Å². The highest BCUT2D eigenvalue weighted by Gasteiger charge is 2.24. The lowest BCUT2D eigenvalue weighted by Crippen LogP contribution is -2.51. The Labute approximate surface area is 145 Å². The van der Waals surface area contributed by atoms with Gasteiger partial charge in [0.25, 0.3) is 5.91 Å². The Hall–Kier alpha value is -2.96. The molecule has 2 rings (SSSR count). The fourth-order valence-corrected chi connectivity index (χ4v) is 2.27. The average molecular weight is 340 g/mol. The highest BCUT2D eigenvalue weighted by atomic mass is 16.5. The van der Waals surface area contributed by atoms with E-state index in [1.807, 2.05) is 54.6 Å². The first-order valence-corrected chi connectivity index (χ1v) is 7.77. The van der Waals surface area contributed by atoms with Crippen molar-refractivity contribution in [2.75, 3.05) is 0 Å². The number of nitrogens with one attached hydrogen (secondary N) is 2. The normalized spacial score (nSPS) is 13.2. The number of aliphatic hydroxyl groups is 1. The van der Waals surface area contributed by atoms with E-state index in [2.05, 4.69) is 5.32 Å². The molecule has 0 aliphatic heterocycles. The number of aliphatic hydroxyl groups excluding tert-OH is 1. The van der Waals surface area contributed by atoms with Gasteiger partial charge in [0.05, 0.1) is 6.10 Å². The van der Waals surface area contributed by atoms with Crippen molar-refractivity contribution in [2.45, 2.75) is 19.1 Å². The zero-order valence-corrected chi connectivity index (χ0v) is 13.7. The van der Waals surface area contributed by atoms with E-state index >= 15 is 0 Å². The van der Waals surface area contributed by atoms with Gasteiger partial charge < -0.3 is 10.4 Å². The van der Waals surface area contributed by atoms with Gasteiger partial charge in [0.15, 0.2) is 0 Å². The Morgan fingerprint density at radius 3 is 2.16 bits per heavy atom. The molecular weight excluding hydrogens is 320 g/mol. The Balaban J connectivity index is 2.01. The van der Waals surface area contributed by atoms with Crippen molar-refractivity contribution in [2.24, 2.45) is 0 Å². The van der Waals surface area contributed by atoms with Gasteiger partial charge in [-0.25, -0.2) is 5.48 Å². The van der Waals surface area contributed by atoms with Gasteiger partial charge in [0.2, 0.25) is 5.91 Å². The van der Waals surface area contributed by atoms with Crippen molar-refractivity contribution < 1.29 is 19.9 Å². The number of rotatable bonds is 6. The van der Waals surface area contributed by atoms with E-state index in [1.54, 1.807) is 6.08 Å². The molecule has 130 valence electrons. The molecule has 4 N–H and O–H groups in total. The van der Waals surface area contributed by atoms with Crippen LogP contribution < -0.4 is 10.8 Å². The molecule has 6 heteroatoms. The Morgan fingerprint density at radius 2 is 1.60 bits per heavy atom. The monoisotopic (exact) mass is 340 g/mol. The lowest BCUT2D eigenvalue weighted by molar-refractivity contribution is -0.136. The van der Waals surface area contributed by atoms with Crippen molar-refractivity contribution in [3.8, 4) is 11.1 Å². The summed E-state index contributed by atoms with van der Waals surface area (Å²) in [6.07, 6.45) is 1.71. The average Bonchev–Trinajstić information content (AvgIpc) is 2.64. The van der Waals surface area contributed by atoms with Crippen LogP contribution in [0.25, 0.3) is 17.2 Å². The van der Waals surface area contributed by atoms with Crippen LogP contribution in [0.3, 0.4) is 0 Å². The molecule has 2 amide bonds. The molecule has 0 aliphatic rings. The second-order valence-corrected chi connectivity index (χ2v) is 5.52. The topological polar surface area (TPSA) is 98.7 Å². The standard InChI is InChI=1S/C19H20N2O4/c1-13(22)18(19(24)21-25)20-17(23)12-9-14-7-10-16(11-8-14)15-5-3-2-4-6-15/h2-13,18,22,25H,1H3,(H,20,23)(H,21,24)/b12-9+/t13-,18+/m1/s1. The largest absolute Gasteiger partial charge is 0.391 e. The van der Waals surface area contributed by atoms with E-state index < -0.39 is 24.0 Å². The molecule has 0 aromatic heterocycles. The van der Waals surface area contributed by atoms with Crippen LogP contribution in [0.5, 0.6) is 0 Å². The second-order valence-electron chi connectivity index (χ2n) is 5.52. The SMILES string of the molecule is C[C@@H](O)[C@H](NC(=O)/C=C/c1ccc(-c2ccccc2)cc1)C(=O)NO. The number of hydrogen-bond donors (Lipinski definition) is 4. The van der Waals surface area contributed by atoms with Crippen LogP contribution in [0.15, 0.2) is 60.7 Å². The Bertz CT molecular complexity index is 740. The predicted molar refractivity (Wildman–Crippen MR) is 94.5 cm³/mol. The predicted octanol–water partition coefficient (Wildman–Crippen LogP) is 1.74. The van der Waals surface area contributed by atoms with Gasteiger partial charge in [-0.05, 0) is 29.7 Å². The summed E-state index contributed by atoms with van der Waals surface area (Å²) < 4.78 is 0. The van der Waals surface area contributed by atoms with Gasteiger partial charge in [-0.15, -0.1) is 0 Å². The molecule has 0 fully saturated rings. The first-order valence-electron chi connectivity index (χ1n) is 7.77. The molecular formula is C19H20N2O4.